The van der Waals surface area contributed by atoms with Crippen molar-refractivity contribution in [2.24, 2.45) is 0 Å². The molecule has 1 N–H and O–H groups in total. The van der Waals surface area contributed by atoms with E-state index in [2.05, 4.69) is 15.0 Å². The van der Waals surface area contributed by atoms with Crippen LogP contribution in [0.15, 0.2) is 59.5 Å². The molecule has 3 heterocycles. The standard InChI is InChI=1S/C15H10N4O/c20-15-12-14(19-9-5-4-8-11(19)16-12)17-13(18-15)10-6-2-1-3-7-10/h1-9H,(H,17,18,20). The van der Waals surface area contributed by atoms with Crippen molar-refractivity contribution in [1.82, 2.24) is 19.4 Å². The molecule has 4 aromatic rings. The summed E-state index contributed by atoms with van der Waals surface area (Å²) in [7, 11) is 0. The van der Waals surface area contributed by atoms with Crippen molar-refractivity contribution in [3.63, 3.8) is 0 Å². The second-order valence-electron chi connectivity index (χ2n) is 4.49. The van der Waals surface area contributed by atoms with Gasteiger partial charge >= 0.3 is 0 Å². The summed E-state index contributed by atoms with van der Waals surface area (Å²) in [4.78, 5) is 23.8. The van der Waals surface area contributed by atoms with Gasteiger partial charge in [0.25, 0.3) is 5.56 Å². The highest BCUT2D eigenvalue weighted by molar-refractivity contribution is 5.77. The van der Waals surface area contributed by atoms with Crippen LogP contribution in [0.4, 0.5) is 0 Å². The smallest absolute Gasteiger partial charge is 0.279 e. The molecule has 4 rings (SSSR count). The van der Waals surface area contributed by atoms with Crippen LogP contribution in [-0.2, 0) is 0 Å². The molecular weight excluding hydrogens is 252 g/mol. The summed E-state index contributed by atoms with van der Waals surface area (Å²) in [6.07, 6.45) is 1.85. The van der Waals surface area contributed by atoms with Crippen LogP contribution in [0.5, 0.6) is 0 Å². The number of hydrogen-bond donors (Lipinski definition) is 1. The Morgan fingerprint density at radius 3 is 2.60 bits per heavy atom. The van der Waals surface area contributed by atoms with Gasteiger partial charge in [0, 0.05) is 11.8 Å². The zero-order valence-electron chi connectivity index (χ0n) is 10.4. The lowest BCUT2D eigenvalue weighted by molar-refractivity contribution is 1.13. The Kier molecular flexibility index (Phi) is 2.20. The Morgan fingerprint density at radius 2 is 1.75 bits per heavy atom. The van der Waals surface area contributed by atoms with E-state index in [1.807, 2.05) is 59.1 Å². The first-order chi connectivity index (χ1) is 9.83. The molecule has 0 aliphatic rings. The van der Waals surface area contributed by atoms with Gasteiger partial charge in [0.05, 0.1) is 0 Å². The molecule has 0 spiro atoms. The Bertz CT molecular complexity index is 969. The summed E-state index contributed by atoms with van der Waals surface area (Å²) in [5, 5.41) is 0. The van der Waals surface area contributed by atoms with Gasteiger partial charge in [0.1, 0.15) is 11.5 Å². The summed E-state index contributed by atoms with van der Waals surface area (Å²) < 4.78 is 1.82. The third kappa shape index (κ3) is 1.53. The first-order valence-electron chi connectivity index (χ1n) is 6.25. The Balaban J connectivity index is 2.11. The highest BCUT2D eigenvalue weighted by atomic mass is 16.1. The minimum absolute atomic E-state index is 0.224. The maximum atomic E-state index is 12.2. The molecule has 0 saturated heterocycles. The van der Waals surface area contributed by atoms with E-state index >= 15 is 0 Å². The number of rotatable bonds is 1. The van der Waals surface area contributed by atoms with Crippen molar-refractivity contribution in [2.45, 2.75) is 0 Å². The van der Waals surface area contributed by atoms with Crippen LogP contribution < -0.4 is 5.56 Å². The second kappa shape index (κ2) is 4.03. The number of benzene rings is 1. The largest absolute Gasteiger partial charge is 0.305 e. The maximum Gasteiger partial charge on any atom is 0.279 e. The maximum absolute atomic E-state index is 12.2. The molecule has 0 aliphatic carbocycles. The molecule has 0 bridgehead atoms. The van der Waals surface area contributed by atoms with Gasteiger partial charge < -0.3 is 4.98 Å². The van der Waals surface area contributed by atoms with Gasteiger partial charge in [0.15, 0.2) is 11.2 Å². The molecule has 5 heteroatoms. The molecule has 96 valence electrons. The molecule has 0 aliphatic heterocycles. The van der Waals surface area contributed by atoms with E-state index in [0.717, 1.165) is 5.56 Å². The molecular formula is C15H10N4O. The Labute approximate surface area is 113 Å². The molecule has 5 nitrogen and oxygen atoms in total. The van der Waals surface area contributed by atoms with Crippen LogP contribution in [0.2, 0.25) is 0 Å². The number of imidazole rings is 1. The zero-order valence-corrected chi connectivity index (χ0v) is 10.4. The normalized spacial score (nSPS) is 11.2. The third-order valence-corrected chi connectivity index (χ3v) is 3.22. The van der Waals surface area contributed by atoms with Crippen molar-refractivity contribution in [3.05, 3.63) is 65.1 Å². The fourth-order valence-electron chi connectivity index (χ4n) is 2.28. The van der Waals surface area contributed by atoms with E-state index < -0.39 is 0 Å². The molecule has 3 aromatic heterocycles. The predicted molar refractivity (Wildman–Crippen MR) is 76.5 cm³/mol. The van der Waals surface area contributed by atoms with Crippen LogP contribution in [0.25, 0.3) is 28.2 Å². The van der Waals surface area contributed by atoms with Crippen LogP contribution in [0, 0.1) is 0 Å². The third-order valence-electron chi connectivity index (χ3n) is 3.22. The van der Waals surface area contributed by atoms with Gasteiger partial charge in [-0.2, -0.15) is 0 Å². The van der Waals surface area contributed by atoms with Crippen LogP contribution in [0.3, 0.4) is 0 Å². The highest BCUT2D eigenvalue weighted by Gasteiger charge is 2.11. The van der Waals surface area contributed by atoms with E-state index in [1.54, 1.807) is 0 Å². The first kappa shape index (κ1) is 10.9. The molecule has 0 unspecified atom stereocenters. The van der Waals surface area contributed by atoms with E-state index in [9.17, 15) is 4.79 Å². The summed E-state index contributed by atoms with van der Waals surface area (Å²) in [6, 6.07) is 15.2. The summed E-state index contributed by atoms with van der Waals surface area (Å²) in [6.45, 7) is 0. The van der Waals surface area contributed by atoms with Crippen molar-refractivity contribution in [1.29, 1.82) is 0 Å². The van der Waals surface area contributed by atoms with Gasteiger partial charge in [-0.25, -0.2) is 9.97 Å². The molecule has 0 fully saturated rings. The summed E-state index contributed by atoms with van der Waals surface area (Å²) >= 11 is 0. The molecule has 1 aromatic carbocycles. The van der Waals surface area contributed by atoms with Crippen LogP contribution in [0.1, 0.15) is 0 Å². The molecule has 0 radical (unpaired) electrons. The SMILES string of the molecule is O=c1[nH]c(-c2ccccc2)nc2c1nc1ccccn12. The van der Waals surface area contributed by atoms with Gasteiger partial charge in [-0.3, -0.25) is 9.20 Å². The van der Waals surface area contributed by atoms with E-state index in [-0.39, 0.29) is 5.56 Å². The quantitative estimate of drug-likeness (QED) is 0.572. The van der Waals surface area contributed by atoms with Gasteiger partial charge in [0.2, 0.25) is 0 Å². The number of aromatic amines is 1. The van der Waals surface area contributed by atoms with Gasteiger partial charge in [-0.15, -0.1) is 0 Å². The number of aromatic nitrogens is 4. The highest BCUT2D eigenvalue weighted by Crippen LogP contribution is 2.16. The molecule has 0 amide bonds. The summed E-state index contributed by atoms with van der Waals surface area (Å²) in [5.74, 6) is 0.550. The van der Waals surface area contributed by atoms with E-state index in [0.29, 0.717) is 22.6 Å². The second-order valence-corrected chi connectivity index (χ2v) is 4.49. The van der Waals surface area contributed by atoms with E-state index in [4.69, 9.17) is 0 Å². The number of nitrogens with zero attached hydrogens (tertiary/aromatic N) is 3. The number of nitrogens with one attached hydrogen (secondary N) is 1. The first-order valence-corrected chi connectivity index (χ1v) is 6.25. The Morgan fingerprint density at radius 1 is 0.950 bits per heavy atom. The topological polar surface area (TPSA) is 63.0 Å². The molecule has 20 heavy (non-hydrogen) atoms. The molecule has 0 saturated carbocycles. The van der Waals surface area contributed by atoms with Gasteiger partial charge in [-0.1, -0.05) is 36.4 Å². The van der Waals surface area contributed by atoms with Crippen LogP contribution >= 0.6 is 0 Å². The van der Waals surface area contributed by atoms with Crippen LogP contribution in [-0.4, -0.2) is 19.4 Å². The summed E-state index contributed by atoms with van der Waals surface area (Å²) in [5.41, 5.74) is 2.29. The lowest BCUT2D eigenvalue weighted by atomic mass is 10.2. The van der Waals surface area contributed by atoms with Crippen molar-refractivity contribution in [2.75, 3.05) is 0 Å². The predicted octanol–water partition coefficient (Wildman–Crippen LogP) is 2.24. The lowest BCUT2D eigenvalue weighted by Gasteiger charge is -2.00. The fourth-order valence-corrected chi connectivity index (χ4v) is 2.28. The van der Waals surface area contributed by atoms with Crippen molar-refractivity contribution >= 4 is 16.8 Å². The average Bonchev–Trinajstić information content (AvgIpc) is 2.88. The fraction of sp³-hybridized carbons (Fsp3) is 0. The van der Waals surface area contributed by atoms with Crippen molar-refractivity contribution < 1.29 is 0 Å². The minimum atomic E-state index is -0.224. The van der Waals surface area contributed by atoms with Crippen molar-refractivity contribution in [3.8, 4) is 11.4 Å². The Hall–Kier alpha value is -2.95. The minimum Gasteiger partial charge on any atom is -0.305 e. The van der Waals surface area contributed by atoms with E-state index in [1.165, 1.54) is 0 Å². The molecule has 0 atom stereocenters. The lowest BCUT2D eigenvalue weighted by Crippen LogP contribution is -2.09. The monoisotopic (exact) mass is 262 g/mol. The number of fused-ring (bicyclic) bond motifs is 3. The van der Waals surface area contributed by atoms with Gasteiger partial charge in [-0.05, 0) is 12.1 Å². The zero-order chi connectivity index (χ0) is 13.5. The number of pyridine rings is 1. The average molecular weight is 262 g/mol. The number of hydrogen-bond acceptors (Lipinski definition) is 3. The number of H-pyrrole nitrogens is 1.